The van der Waals surface area contributed by atoms with E-state index in [0.29, 0.717) is 32.7 Å². The van der Waals surface area contributed by atoms with Gasteiger partial charge in [-0.05, 0) is 19.1 Å². The van der Waals surface area contributed by atoms with Crippen molar-refractivity contribution in [3.63, 3.8) is 0 Å². The van der Waals surface area contributed by atoms with Crippen LogP contribution in [-0.4, -0.2) is 71.0 Å². The van der Waals surface area contributed by atoms with E-state index in [9.17, 15) is 9.59 Å². The fourth-order valence-electron chi connectivity index (χ4n) is 3.53. The fourth-order valence-corrected chi connectivity index (χ4v) is 3.53. The van der Waals surface area contributed by atoms with Gasteiger partial charge in [-0.3, -0.25) is 9.59 Å². The molecule has 3 heterocycles. The highest BCUT2D eigenvalue weighted by atomic mass is 16.5. The van der Waals surface area contributed by atoms with Crippen molar-refractivity contribution in [2.45, 2.75) is 19.5 Å². The van der Waals surface area contributed by atoms with Gasteiger partial charge in [0.15, 0.2) is 11.4 Å². The third kappa shape index (κ3) is 3.20. The number of piperazine rings is 1. The number of carbonyl (C=O) groups is 2. The lowest BCUT2D eigenvalue weighted by molar-refractivity contribution is 0.0731. The average molecular weight is 370 g/mol. The number of benzene rings is 1. The number of ether oxygens (including phenoxy) is 1. The number of hydrogen-bond acceptors (Lipinski definition) is 6. The van der Waals surface area contributed by atoms with Crippen LogP contribution in [0.3, 0.4) is 0 Å². The Kier molecular flexibility index (Phi) is 4.43. The Hall–Kier alpha value is -3.10. The van der Waals surface area contributed by atoms with E-state index in [1.165, 1.54) is 4.68 Å². The van der Waals surface area contributed by atoms with Gasteiger partial charge in [0.2, 0.25) is 0 Å². The van der Waals surface area contributed by atoms with E-state index >= 15 is 0 Å². The number of hydrogen-bond donors (Lipinski definition) is 1. The minimum Gasteiger partial charge on any atom is -0.497 e. The number of fused-ring (bicyclic) bond motifs is 1. The molecule has 1 aromatic heterocycles. The average Bonchev–Trinajstić information content (AvgIpc) is 3.11. The summed E-state index contributed by atoms with van der Waals surface area (Å²) in [7, 11) is 1.65. The molecular formula is C18H22N6O3. The molecule has 1 atom stereocenters. The molecule has 0 spiro atoms. The van der Waals surface area contributed by atoms with Crippen molar-refractivity contribution >= 4 is 17.5 Å². The van der Waals surface area contributed by atoms with Gasteiger partial charge in [0.05, 0.1) is 13.7 Å². The molecule has 0 radical (unpaired) electrons. The second-order valence-corrected chi connectivity index (χ2v) is 6.82. The number of amides is 2. The molecule has 1 aromatic carbocycles. The fraction of sp³-hybridized carbons (Fsp3) is 0.444. The van der Waals surface area contributed by atoms with Crippen LogP contribution in [0.25, 0.3) is 0 Å². The molecule has 2 aliphatic heterocycles. The van der Waals surface area contributed by atoms with E-state index in [-0.39, 0.29) is 29.2 Å². The van der Waals surface area contributed by atoms with Gasteiger partial charge in [0.1, 0.15) is 5.75 Å². The highest BCUT2D eigenvalue weighted by Crippen LogP contribution is 2.23. The van der Waals surface area contributed by atoms with E-state index in [1.54, 1.807) is 12.0 Å². The normalized spacial score (nSPS) is 19.5. The van der Waals surface area contributed by atoms with Crippen LogP contribution >= 0.6 is 0 Å². The number of aromatic nitrogens is 3. The predicted octanol–water partition coefficient (Wildman–Crippen LogP) is 0.381. The number of nitrogens with one attached hydrogen (secondary N) is 1. The lowest BCUT2D eigenvalue weighted by Crippen LogP contribution is -2.49. The van der Waals surface area contributed by atoms with E-state index in [1.807, 2.05) is 31.2 Å². The topological polar surface area (TPSA) is 92.6 Å². The van der Waals surface area contributed by atoms with Crippen molar-refractivity contribution in [3.8, 4) is 5.75 Å². The lowest BCUT2D eigenvalue weighted by atomic mass is 10.1. The van der Waals surface area contributed by atoms with Crippen LogP contribution in [0.15, 0.2) is 24.3 Å². The molecule has 1 fully saturated rings. The standard InChI is InChI=1S/C18H22N6O3/c1-12-11-24-16(17(25)19-12)15(20-21-24)18(26)23-8-6-22(7-9-23)13-4-3-5-14(10-13)27-2/h3-5,10,12H,6-9,11H2,1-2H3,(H,19,25). The Morgan fingerprint density at radius 1 is 1.26 bits per heavy atom. The summed E-state index contributed by atoms with van der Waals surface area (Å²) in [5.74, 6) is 0.269. The van der Waals surface area contributed by atoms with Crippen molar-refractivity contribution in [3.05, 3.63) is 35.7 Å². The molecule has 2 aromatic rings. The Bertz CT molecular complexity index is 872. The molecule has 142 valence electrons. The molecule has 1 N–H and O–H groups in total. The molecule has 9 nitrogen and oxygen atoms in total. The molecule has 0 saturated carbocycles. The summed E-state index contributed by atoms with van der Waals surface area (Å²) in [6.45, 7) is 4.92. The molecule has 27 heavy (non-hydrogen) atoms. The van der Waals surface area contributed by atoms with Crippen LogP contribution in [0.2, 0.25) is 0 Å². The van der Waals surface area contributed by atoms with Gasteiger partial charge >= 0.3 is 0 Å². The maximum atomic E-state index is 12.9. The molecule has 9 heteroatoms. The molecule has 2 aliphatic rings. The van der Waals surface area contributed by atoms with E-state index in [4.69, 9.17) is 4.74 Å². The smallest absolute Gasteiger partial charge is 0.277 e. The van der Waals surface area contributed by atoms with Gasteiger partial charge in [-0.25, -0.2) is 4.68 Å². The monoisotopic (exact) mass is 370 g/mol. The Morgan fingerprint density at radius 3 is 2.78 bits per heavy atom. The second-order valence-electron chi connectivity index (χ2n) is 6.82. The Balaban J connectivity index is 1.46. The number of rotatable bonds is 3. The minimum absolute atomic E-state index is 0.0268. The molecule has 2 amide bonds. The first-order valence-electron chi connectivity index (χ1n) is 8.99. The summed E-state index contributed by atoms with van der Waals surface area (Å²) < 4.78 is 6.79. The van der Waals surface area contributed by atoms with E-state index in [2.05, 4.69) is 20.5 Å². The molecule has 4 rings (SSSR count). The van der Waals surface area contributed by atoms with Crippen LogP contribution in [0.1, 0.15) is 27.9 Å². The lowest BCUT2D eigenvalue weighted by Gasteiger charge is -2.36. The summed E-state index contributed by atoms with van der Waals surface area (Å²) in [4.78, 5) is 29.1. The largest absolute Gasteiger partial charge is 0.497 e. The van der Waals surface area contributed by atoms with Crippen LogP contribution in [0.4, 0.5) is 5.69 Å². The van der Waals surface area contributed by atoms with Crippen molar-refractivity contribution in [1.82, 2.24) is 25.2 Å². The van der Waals surface area contributed by atoms with Gasteiger partial charge in [-0.1, -0.05) is 11.3 Å². The highest BCUT2D eigenvalue weighted by molar-refractivity contribution is 6.05. The van der Waals surface area contributed by atoms with Crippen molar-refractivity contribution in [2.75, 3.05) is 38.2 Å². The molecule has 1 saturated heterocycles. The quantitative estimate of drug-likeness (QED) is 0.840. The number of nitrogens with zero attached hydrogens (tertiary/aromatic N) is 5. The van der Waals surface area contributed by atoms with E-state index in [0.717, 1.165) is 11.4 Å². The third-order valence-electron chi connectivity index (χ3n) is 4.96. The molecule has 0 aliphatic carbocycles. The summed E-state index contributed by atoms with van der Waals surface area (Å²) in [6.07, 6.45) is 0. The van der Waals surface area contributed by atoms with Gasteiger partial charge < -0.3 is 19.9 Å². The highest BCUT2D eigenvalue weighted by Gasteiger charge is 2.33. The van der Waals surface area contributed by atoms with E-state index < -0.39 is 0 Å². The first-order chi connectivity index (χ1) is 13.1. The van der Waals surface area contributed by atoms with Crippen molar-refractivity contribution < 1.29 is 14.3 Å². The van der Waals surface area contributed by atoms with Gasteiger partial charge in [0.25, 0.3) is 11.8 Å². The summed E-state index contributed by atoms with van der Waals surface area (Å²) in [5.41, 5.74) is 1.46. The SMILES string of the molecule is COc1cccc(N2CCN(C(=O)c3nnn4c3C(=O)NC(C)C4)CC2)c1. The summed E-state index contributed by atoms with van der Waals surface area (Å²) in [5, 5.41) is 10.8. The van der Waals surface area contributed by atoms with Gasteiger partial charge in [-0.2, -0.15) is 0 Å². The van der Waals surface area contributed by atoms with Gasteiger partial charge in [0, 0.05) is 44.0 Å². The zero-order chi connectivity index (χ0) is 19.0. The second kappa shape index (κ2) is 6.90. The summed E-state index contributed by atoms with van der Waals surface area (Å²) >= 11 is 0. The minimum atomic E-state index is -0.294. The maximum Gasteiger partial charge on any atom is 0.277 e. The number of carbonyl (C=O) groups excluding carboxylic acids is 2. The number of anilines is 1. The zero-order valence-corrected chi connectivity index (χ0v) is 15.4. The van der Waals surface area contributed by atoms with Crippen molar-refractivity contribution in [1.29, 1.82) is 0 Å². The van der Waals surface area contributed by atoms with Crippen molar-refractivity contribution in [2.24, 2.45) is 0 Å². The molecule has 0 bridgehead atoms. The first kappa shape index (κ1) is 17.3. The zero-order valence-electron chi connectivity index (χ0n) is 15.4. The predicted molar refractivity (Wildman–Crippen MR) is 98.1 cm³/mol. The third-order valence-corrected chi connectivity index (χ3v) is 4.96. The van der Waals surface area contributed by atoms with Gasteiger partial charge in [-0.15, -0.1) is 5.10 Å². The Morgan fingerprint density at radius 2 is 2.04 bits per heavy atom. The maximum absolute atomic E-state index is 12.9. The van der Waals surface area contributed by atoms with Crippen LogP contribution in [-0.2, 0) is 6.54 Å². The first-order valence-corrected chi connectivity index (χ1v) is 8.99. The van der Waals surface area contributed by atoms with Crippen LogP contribution < -0.4 is 15.0 Å². The van der Waals surface area contributed by atoms with Crippen LogP contribution in [0.5, 0.6) is 5.75 Å². The summed E-state index contributed by atoms with van der Waals surface area (Å²) in [6, 6.07) is 7.85. The Labute approximate surface area is 156 Å². The molecular weight excluding hydrogens is 348 g/mol. The molecule has 1 unspecified atom stereocenters. The van der Waals surface area contributed by atoms with Crippen LogP contribution in [0, 0.1) is 0 Å². The number of methoxy groups -OCH3 is 1.